The number of rotatable bonds is 2. The maximum Gasteiger partial charge on any atom is 0.223 e. The van der Waals surface area contributed by atoms with Gasteiger partial charge in [0.2, 0.25) is 11.8 Å². The molecular weight excluding hydrogens is 192 g/mol. The summed E-state index contributed by atoms with van der Waals surface area (Å²) in [5, 5.41) is 3.06. The number of carbonyl (C=O) groups excluding carboxylic acids is 2. The predicted molar refractivity (Wildman–Crippen MR) is 56.1 cm³/mol. The van der Waals surface area contributed by atoms with E-state index < -0.39 is 0 Å². The van der Waals surface area contributed by atoms with Gasteiger partial charge in [-0.15, -0.1) is 0 Å². The Balaban J connectivity index is 1.73. The SMILES string of the molecule is CC(=O)N1CCC(NC(=O)C2CC2)CC1. The molecule has 4 heteroatoms. The van der Waals surface area contributed by atoms with Crippen LogP contribution in [0, 0.1) is 5.92 Å². The summed E-state index contributed by atoms with van der Waals surface area (Å²) in [6.07, 6.45) is 3.91. The van der Waals surface area contributed by atoms with Gasteiger partial charge in [-0.05, 0) is 25.7 Å². The van der Waals surface area contributed by atoms with Crippen LogP contribution in [0.4, 0.5) is 0 Å². The Hall–Kier alpha value is -1.06. The second-order valence-corrected chi connectivity index (χ2v) is 4.56. The van der Waals surface area contributed by atoms with Gasteiger partial charge in [0, 0.05) is 32.0 Å². The van der Waals surface area contributed by atoms with Crippen molar-refractivity contribution in [2.45, 2.75) is 38.6 Å². The molecule has 2 rings (SSSR count). The van der Waals surface area contributed by atoms with E-state index in [2.05, 4.69) is 5.32 Å². The van der Waals surface area contributed by atoms with Gasteiger partial charge in [0.05, 0.1) is 0 Å². The van der Waals surface area contributed by atoms with Crippen molar-refractivity contribution < 1.29 is 9.59 Å². The molecule has 4 nitrogen and oxygen atoms in total. The maximum absolute atomic E-state index is 11.5. The standard InChI is InChI=1S/C11H18N2O2/c1-8(14)13-6-4-10(5-7-13)12-11(15)9-2-3-9/h9-10H,2-7H2,1H3,(H,12,15). The van der Waals surface area contributed by atoms with Crippen molar-refractivity contribution in [2.24, 2.45) is 5.92 Å². The summed E-state index contributed by atoms with van der Waals surface area (Å²) in [6.45, 7) is 3.17. The van der Waals surface area contributed by atoms with Gasteiger partial charge in [0.25, 0.3) is 0 Å². The van der Waals surface area contributed by atoms with E-state index in [0.29, 0.717) is 0 Å². The highest BCUT2D eigenvalue weighted by atomic mass is 16.2. The highest BCUT2D eigenvalue weighted by molar-refractivity contribution is 5.81. The van der Waals surface area contributed by atoms with Crippen molar-refractivity contribution in [3.05, 3.63) is 0 Å². The molecule has 15 heavy (non-hydrogen) atoms. The zero-order valence-corrected chi connectivity index (χ0v) is 9.16. The molecule has 0 aromatic rings. The number of nitrogens with one attached hydrogen (secondary N) is 1. The minimum atomic E-state index is 0.141. The lowest BCUT2D eigenvalue weighted by molar-refractivity contribution is -0.130. The van der Waals surface area contributed by atoms with Crippen LogP contribution in [0.3, 0.4) is 0 Å². The summed E-state index contributed by atoms with van der Waals surface area (Å²) >= 11 is 0. The predicted octanol–water partition coefficient (Wildman–Crippen LogP) is 0.523. The number of nitrogens with zero attached hydrogens (tertiary/aromatic N) is 1. The molecule has 1 N–H and O–H groups in total. The van der Waals surface area contributed by atoms with Crippen LogP contribution in [0.1, 0.15) is 32.6 Å². The second-order valence-electron chi connectivity index (χ2n) is 4.56. The normalized spacial score (nSPS) is 22.6. The van der Waals surface area contributed by atoms with Crippen LogP contribution in [0.25, 0.3) is 0 Å². The fourth-order valence-electron chi connectivity index (χ4n) is 2.00. The highest BCUT2D eigenvalue weighted by Gasteiger charge is 2.31. The van der Waals surface area contributed by atoms with Gasteiger partial charge in [0.1, 0.15) is 0 Å². The molecule has 2 aliphatic rings. The third-order valence-electron chi connectivity index (χ3n) is 3.23. The number of piperidine rings is 1. The van der Waals surface area contributed by atoms with E-state index in [0.717, 1.165) is 38.8 Å². The molecule has 2 amide bonds. The first-order chi connectivity index (χ1) is 7.16. The summed E-state index contributed by atoms with van der Waals surface area (Å²) in [5.41, 5.74) is 0. The lowest BCUT2D eigenvalue weighted by Gasteiger charge is -2.31. The summed E-state index contributed by atoms with van der Waals surface area (Å²) in [4.78, 5) is 24.4. The molecule has 0 atom stereocenters. The topological polar surface area (TPSA) is 49.4 Å². The van der Waals surface area contributed by atoms with E-state index in [1.165, 1.54) is 0 Å². The fraction of sp³-hybridized carbons (Fsp3) is 0.818. The molecule has 0 radical (unpaired) electrons. The maximum atomic E-state index is 11.5. The van der Waals surface area contributed by atoms with E-state index in [1.807, 2.05) is 4.90 Å². The molecule has 0 spiro atoms. The molecule has 0 aromatic carbocycles. The average molecular weight is 210 g/mol. The third kappa shape index (κ3) is 2.70. The van der Waals surface area contributed by atoms with Crippen LogP contribution >= 0.6 is 0 Å². The van der Waals surface area contributed by atoms with Crippen molar-refractivity contribution in [1.82, 2.24) is 10.2 Å². The lowest BCUT2D eigenvalue weighted by Crippen LogP contribution is -2.46. The van der Waals surface area contributed by atoms with Crippen LogP contribution < -0.4 is 5.32 Å². The molecule has 1 aliphatic carbocycles. The third-order valence-corrected chi connectivity index (χ3v) is 3.23. The summed E-state index contributed by atoms with van der Waals surface area (Å²) in [5.74, 6) is 0.647. The average Bonchev–Trinajstić information content (AvgIpc) is 3.01. The van der Waals surface area contributed by atoms with Crippen LogP contribution in [0.2, 0.25) is 0 Å². The van der Waals surface area contributed by atoms with Crippen LogP contribution in [-0.4, -0.2) is 35.8 Å². The van der Waals surface area contributed by atoms with Gasteiger partial charge in [-0.25, -0.2) is 0 Å². The molecule has 1 heterocycles. The molecule has 1 saturated carbocycles. The number of hydrogen-bond donors (Lipinski definition) is 1. The number of amides is 2. The van der Waals surface area contributed by atoms with Crippen molar-refractivity contribution in [2.75, 3.05) is 13.1 Å². The Morgan fingerprint density at radius 2 is 1.73 bits per heavy atom. The van der Waals surface area contributed by atoms with Gasteiger partial charge in [-0.2, -0.15) is 0 Å². The zero-order valence-electron chi connectivity index (χ0n) is 9.16. The molecule has 1 aliphatic heterocycles. The van der Waals surface area contributed by atoms with E-state index in [4.69, 9.17) is 0 Å². The van der Waals surface area contributed by atoms with Gasteiger partial charge in [-0.1, -0.05) is 0 Å². The quantitative estimate of drug-likeness (QED) is 0.722. The molecule has 84 valence electrons. The minimum Gasteiger partial charge on any atom is -0.353 e. The van der Waals surface area contributed by atoms with Crippen molar-refractivity contribution in [3.63, 3.8) is 0 Å². The first kappa shape index (κ1) is 10.5. The van der Waals surface area contributed by atoms with E-state index in [-0.39, 0.29) is 23.8 Å². The Bertz CT molecular complexity index is 266. The Morgan fingerprint density at radius 3 is 2.20 bits per heavy atom. The Labute approximate surface area is 90.0 Å². The molecule has 0 unspecified atom stereocenters. The number of likely N-dealkylation sites (tertiary alicyclic amines) is 1. The fourth-order valence-corrected chi connectivity index (χ4v) is 2.00. The molecular formula is C11H18N2O2. The first-order valence-electron chi connectivity index (χ1n) is 5.72. The summed E-state index contributed by atoms with van der Waals surface area (Å²) < 4.78 is 0. The van der Waals surface area contributed by atoms with Crippen molar-refractivity contribution in [1.29, 1.82) is 0 Å². The van der Waals surface area contributed by atoms with Crippen molar-refractivity contribution >= 4 is 11.8 Å². The van der Waals surface area contributed by atoms with Gasteiger partial charge in [-0.3, -0.25) is 9.59 Å². The van der Waals surface area contributed by atoms with Crippen LogP contribution in [0.5, 0.6) is 0 Å². The van der Waals surface area contributed by atoms with E-state index in [1.54, 1.807) is 6.92 Å². The van der Waals surface area contributed by atoms with Gasteiger partial charge in [0.15, 0.2) is 0 Å². The number of carbonyl (C=O) groups is 2. The number of hydrogen-bond acceptors (Lipinski definition) is 2. The molecule has 0 aromatic heterocycles. The summed E-state index contributed by atoms with van der Waals surface area (Å²) in [7, 11) is 0. The minimum absolute atomic E-state index is 0.141. The van der Waals surface area contributed by atoms with E-state index >= 15 is 0 Å². The smallest absolute Gasteiger partial charge is 0.223 e. The highest BCUT2D eigenvalue weighted by Crippen LogP contribution is 2.29. The van der Waals surface area contributed by atoms with E-state index in [9.17, 15) is 9.59 Å². The zero-order chi connectivity index (χ0) is 10.8. The Morgan fingerprint density at radius 1 is 1.13 bits per heavy atom. The first-order valence-corrected chi connectivity index (χ1v) is 5.72. The van der Waals surface area contributed by atoms with Gasteiger partial charge >= 0.3 is 0 Å². The largest absolute Gasteiger partial charge is 0.353 e. The summed E-state index contributed by atoms with van der Waals surface area (Å²) in [6, 6.07) is 0.286. The Kier molecular flexibility index (Phi) is 2.93. The molecule has 0 bridgehead atoms. The lowest BCUT2D eigenvalue weighted by atomic mass is 10.0. The molecule has 2 fully saturated rings. The van der Waals surface area contributed by atoms with Gasteiger partial charge < -0.3 is 10.2 Å². The monoisotopic (exact) mass is 210 g/mol. The van der Waals surface area contributed by atoms with Crippen LogP contribution in [0.15, 0.2) is 0 Å². The second kappa shape index (κ2) is 4.21. The molecule has 1 saturated heterocycles. The van der Waals surface area contributed by atoms with Crippen molar-refractivity contribution in [3.8, 4) is 0 Å². The van der Waals surface area contributed by atoms with Crippen LogP contribution in [-0.2, 0) is 9.59 Å².